The fraction of sp³-hybridized carbons (Fsp3) is 0. The summed E-state index contributed by atoms with van der Waals surface area (Å²) in [5.74, 6) is -0.821. The quantitative estimate of drug-likeness (QED) is 0.240. The average Bonchev–Trinajstić information content (AvgIpc) is 2.46. The zero-order chi connectivity index (χ0) is 17.2. The van der Waals surface area contributed by atoms with Gasteiger partial charge in [0.15, 0.2) is 5.84 Å². The first-order chi connectivity index (χ1) is 10.7. The highest BCUT2D eigenvalue weighted by atomic mass is 32.2. The van der Waals surface area contributed by atoms with Gasteiger partial charge in [0.2, 0.25) is 5.71 Å². The zero-order valence-electron chi connectivity index (χ0n) is 11.5. The minimum absolute atomic E-state index is 0.313. The molecule has 2 aromatic rings. The predicted molar refractivity (Wildman–Crippen MR) is 84.0 cm³/mol. The summed E-state index contributed by atoms with van der Waals surface area (Å²) in [7, 11) is -4.47. The van der Waals surface area contributed by atoms with Crippen molar-refractivity contribution >= 4 is 38.1 Å². The minimum Gasteiger partial charge on any atom is -0.507 e. The van der Waals surface area contributed by atoms with Gasteiger partial charge in [-0.25, -0.2) is 0 Å². The molecular weight excluding hydrogens is 322 g/mol. The third-order valence-corrected chi connectivity index (χ3v) is 3.69. The van der Waals surface area contributed by atoms with E-state index in [0.29, 0.717) is 16.5 Å². The molecule has 9 nitrogen and oxygen atoms in total. The topological polar surface area (TPSA) is 173 Å². The van der Waals surface area contributed by atoms with Crippen LogP contribution in [0.3, 0.4) is 0 Å². The van der Waals surface area contributed by atoms with Crippen molar-refractivity contribution in [2.24, 2.45) is 10.8 Å². The first-order valence-corrected chi connectivity index (χ1v) is 7.49. The van der Waals surface area contributed by atoms with Crippen LogP contribution in [0.15, 0.2) is 40.3 Å². The molecular formula is C13H11N5O4S. The molecule has 0 saturated heterocycles. The van der Waals surface area contributed by atoms with Crippen molar-refractivity contribution in [1.82, 2.24) is 0 Å². The smallest absolute Gasteiger partial charge is 0.294 e. The van der Waals surface area contributed by atoms with E-state index in [0.717, 1.165) is 6.07 Å². The molecule has 0 atom stereocenters. The van der Waals surface area contributed by atoms with E-state index in [1.54, 1.807) is 6.07 Å². The molecule has 0 aromatic heterocycles. The number of nitrogens with two attached hydrogens (primary N) is 1. The molecule has 0 aliphatic carbocycles. The van der Waals surface area contributed by atoms with Crippen LogP contribution in [0, 0.1) is 16.7 Å². The maximum atomic E-state index is 11.2. The average molecular weight is 333 g/mol. The molecule has 2 aromatic carbocycles. The SMILES string of the molecule is N#C/C(=N\Nc1ccc2c(O)cc(S(=O)(=O)O)cc2c1)C(=N)N. The van der Waals surface area contributed by atoms with Gasteiger partial charge in [-0.3, -0.25) is 15.4 Å². The molecule has 118 valence electrons. The molecule has 0 unspecified atom stereocenters. The monoisotopic (exact) mass is 333 g/mol. The fourth-order valence-electron chi connectivity index (χ4n) is 1.81. The van der Waals surface area contributed by atoms with Crippen LogP contribution >= 0.6 is 0 Å². The summed E-state index contributed by atoms with van der Waals surface area (Å²) in [6.45, 7) is 0. The predicted octanol–water partition coefficient (Wildman–Crippen LogP) is 1.02. The zero-order valence-corrected chi connectivity index (χ0v) is 12.3. The van der Waals surface area contributed by atoms with Crippen molar-refractivity contribution in [1.29, 1.82) is 10.7 Å². The maximum Gasteiger partial charge on any atom is 0.294 e. The Hall–Kier alpha value is -3.16. The fourth-order valence-corrected chi connectivity index (χ4v) is 2.34. The Bertz CT molecular complexity index is 976. The van der Waals surface area contributed by atoms with Crippen molar-refractivity contribution in [3.05, 3.63) is 30.3 Å². The number of hydrogen-bond acceptors (Lipinski definition) is 7. The Kier molecular flexibility index (Phi) is 4.17. The number of nitrogens with zero attached hydrogens (tertiary/aromatic N) is 2. The van der Waals surface area contributed by atoms with Gasteiger partial charge in [0.1, 0.15) is 11.8 Å². The van der Waals surface area contributed by atoms with Crippen LogP contribution in [0.2, 0.25) is 0 Å². The van der Waals surface area contributed by atoms with E-state index in [9.17, 15) is 13.5 Å². The van der Waals surface area contributed by atoms with Crippen molar-refractivity contribution in [3.8, 4) is 11.8 Å². The highest BCUT2D eigenvalue weighted by molar-refractivity contribution is 7.85. The molecule has 10 heteroatoms. The molecule has 0 aliphatic heterocycles. The lowest BCUT2D eigenvalue weighted by atomic mass is 10.1. The van der Waals surface area contributed by atoms with E-state index < -0.39 is 20.8 Å². The number of anilines is 1. The molecule has 0 radical (unpaired) electrons. The van der Waals surface area contributed by atoms with E-state index >= 15 is 0 Å². The van der Waals surface area contributed by atoms with Gasteiger partial charge < -0.3 is 10.8 Å². The summed E-state index contributed by atoms with van der Waals surface area (Å²) in [4.78, 5) is -0.454. The summed E-state index contributed by atoms with van der Waals surface area (Å²) in [5.41, 5.74) is 7.69. The molecule has 0 spiro atoms. The van der Waals surface area contributed by atoms with Crippen molar-refractivity contribution < 1.29 is 18.1 Å². The highest BCUT2D eigenvalue weighted by Crippen LogP contribution is 2.30. The van der Waals surface area contributed by atoms with Gasteiger partial charge in [-0.05, 0) is 29.7 Å². The molecule has 0 aliphatic rings. The number of hydrazone groups is 1. The summed E-state index contributed by atoms with van der Waals surface area (Å²) in [6, 6.07) is 8.21. The number of rotatable bonds is 4. The molecule has 6 N–H and O–H groups in total. The summed E-state index contributed by atoms with van der Waals surface area (Å²) < 4.78 is 31.4. The molecule has 0 saturated carbocycles. The van der Waals surface area contributed by atoms with Crippen LogP contribution in [0.4, 0.5) is 5.69 Å². The minimum atomic E-state index is -4.47. The lowest BCUT2D eigenvalue weighted by molar-refractivity contribution is 0.471. The van der Waals surface area contributed by atoms with E-state index in [4.69, 9.17) is 21.0 Å². The first kappa shape index (κ1) is 16.2. The van der Waals surface area contributed by atoms with Gasteiger partial charge in [0.25, 0.3) is 10.1 Å². The summed E-state index contributed by atoms with van der Waals surface area (Å²) >= 11 is 0. The normalized spacial score (nSPS) is 11.9. The van der Waals surface area contributed by atoms with Gasteiger partial charge in [-0.1, -0.05) is 0 Å². The van der Waals surface area contributed by atoms with E-state index in [1.807, 2.05) is 0 Å². The van der Waals surface area contributed by atoms with E-state index in [1.165, 1.54) is 24.3 Å². The van der Waals surface area contributed by atoms with Crippen molar-refractivity contribution in [3.63, 3.8) is 0 Å². The number of phenols is 1. The van der Waals surface area contributed by atoms with Gasteiger partial charge in [-0.15, -0.1) is 0 Å². The standard InChI is InChI=1S/C13H11N5O4S/c14-6-11(13(15)16)18-17-8-1-2-10-7(3-8)4-9(5-12(10)19)23(20,21)22/h1-5,17,19H,(H3,15,16)(H,20,21,22)/b18-11+. The number of hydrogen-bond donors (Lipinski definition) is 5. The highest BCUT2D eigenvalue weighted by Gasteiger charge is 2.13. The Balaban J connectivity index is 2.50. The number of aromatic hydroxyl groups is 1. The van der Waals surface area contributed by atoms with Crippen LogP contribution in [0.25, 0.3) is 10.8 Å². The number of nitrogens with one attached hydrogen (secondary N) is 2. The molecule has 2 rings (SSSR count). The lowest BCUT2D eigenvalue weighted by Crippen LogP contribution is -2.21. The second-order valence-corrected chi connectivity index (χ2v) is 5.87. The van der Waals surface area contributed by atoms with Gasteiger partial charge >= 0.3 is 0 Å². The van der Waals surface area contributed by atoms with Crippen molar-refractivity contribution in [2.75, 3.05) is 5.43 Å². The number of nitriles is 1. The Labute approximate surface area is 130 Å². The second kappa shape index (κ2) is 5.91. The largest absolute Gasteiger partial charge is 0.507 e. The van der Waals surface area contributed by atoms with Gasteiger partial charge in [0.05, 0.1) is 10.6 Å². The second-order valence-electron chi connectivity index (χ2n) is 4.45. The molecule has 0 fully saturated rings. The van der Waals surface area contributed by atoms with Crippen LogP contribution in [0.1, 0.15) is 0 Å². The van der Waals surface area contributed by atoms with Gasteiger partial charge in [-0.2, -0.15) is 18.8 Å². The van der Waals surface area contributed by atoms with Gasteiger partial charge in [0, 0.05) is 11.5 Å². The molecule has 23 heavy (non-hydrogen) atoms. The molecule has 0 bridgehead atoms. The Morgan fingerprint density at radius 1 is 1.35 bits per heavy atom. The maximum absolute atomic E-state index is 11.2. The lowest BCUT2D eigenvalue weighted by Gasteiger charge is -2.07. The van der Waals surface area contributed by atoms with E-state index in [2.05, 4.69) is 10.5 Å². The first-order valence-electron chi connectivity index (χ1n) is 6.05. The number of benzene rings is 2. The van der Waals surface area contributed by atoms with E-state index in [-0.39, 0.29) is 11.5 Å². The van der Waals surface area contributed by atoms with Crippen LogP contribution in [-0.2, 0) is 10.1 Å². The van der Waals surface area contributed by atoms with Crippen LogP contribution < -0.4 is 11.2 Å². The third-order valence-electron chi connectivity index (χ3n) is 2.86. The third kappa shape index (κ3) is 3.54. The molecule has 0 amide bonds. The Morgan fingerprint density at radius 2 is 2.04 bits per heavy atom. The van der Waals surface area contributed by atoms with Crippen LogP contribution in [-0.4, -0.2) is 29.6 Å². The van der Waals surface area contributed by atoms with Crippen LogP contribution in [0.5, 0.6) is 5.75 Å². The number of phenolic OH excluding ortho intramolecular Hbond substituents is 1. The number of fused-ring (bicyclic) bond motifs is 1. The summed E-state index contributed by atoms with van der Waals surface area (Å²) in [6.07, 6.45) is 0. The Morgan fingerprint density at radius 3 is 2.61 bits per heavy atom. The number of amidine groups is 1. The van der Waals surface area contributed by atoms with Crippen molar-refractivity contribution in [2.45, 2.75) is 4.90 Å². The summed E-state index contributed by atoms with van der Waals surface area (Å²) in [5, 5.41) is 30.0. The molecule has 0 heterocycles.